The van der Waals surface area contributed by atoms with Gasteiger partial charge in [0.2, 0.25) is 5.91 Å². The number of para-hydroxylation sites is 1. The first-order valence-electron chi connectivity index (χ1n) is 10.9. The van der Waals surface area contributed by atoms with Crippen LogP contribution in [-0.2, 0) is 26.0 Å². The summed E-state index contributed by atoms with van der Waals surface area (Å²) in [4.78, 5) is 38.4. The molecule has 4 rings (SSSR count). The lowest BCUT2D eigenvalue weighted by molar-refractivity contribution is -0.130. The number of carbonyl (C=O) groups excluding carboxylic acids is 3. The molecule has 3 aromatic rings. The lowest BCUT2D eigenvalue weighted by Crippen LogP contribution is -2.38. The van der Waals surface area contributed by atoms with Crippen molar-refractivity contribution in [3.05, 3.63) is 90.5 Å². The fourth-order valence-electron chi connectivity index (χ4n) is 3.73. The molecule has 0 spiro atoms. The molecule has 1 aliphatic rings. The van der Waals surface area contributed by atoms with Gasteiger partial charge < -0.3 is 10.6 Å². The largest absolute Gasteiger partial charge is 0.325 e. The van der Waals surface area contributed by atoms with E-state index >= 15 is 0 Å². The zero-order valence-electron chi connectivity index (χ0n) is 18.9. The van der Waals surface area contributed by atoms with E-state index in [1.54, 1.807) is 30.3 Å². The van der Waals surface area contributed by atoms with Crippen molar-refractivity contribution in [1.29, 1.82) is 0 Å². The molecule has 1 saturated heterocycles. The summed E-state index contributed by atoms with van der Waals surface area (Å²) < 4.78 is 27.2. The Bertz CT molecular complexity index is 1350. The molecule has 0 bridgehead atoms. The Kier molecular flexibility index (Phi) is 6.83. The standard InChI is InChI=1S/C25H24N4O5S/c1-28(20-12-6-3-7-13-20)35(33,34)21-14-8-11-19(16-21)26-23(30)17-29-24(31)22(27-25(29)32)15-18-9-4-2-5-10-18/h2-14,16,22H,15,17H2,1H3,(H,26,30)(H,27,32). The summed E-state index contributed by atoms with van der Waals surface area (Å²) in [5.74, 6) is -1.12. The number of amides is 4. The van der Waals surface area contributed by atoms with Gasteiger partial charge in [0.1, 0.15) is 12.6 Å². The third kappa shape index (κ3) is 5.33. The number of nitrogens with zero attached hydrogens (tertiary/aromatic N) is 2. The fourth-order valence-corrected chi connectivity index (χ4v) is 4.97. The van der Waals surface area contributed by atoms with Gasteiger partial charge in [-0.05, 0) is 35.9 Å². The molecule has 0 radical (unpaired) electrons. The van der Waals surface area contributed by atoms with Gasteiger partial charge in [-0.1, -0.05) is 54.6 Å². The second-order valence-corrected chi connectivity index (χ2v) is 9.97. The van der Waals surface area contributed by atoms with Crippen LogP contribution in [0.1, 0.15) is 5.56 Å². The molecule has 0 aromatic heterocycles. The van der Waals surface area contributed by atoms with Gasteiger partial charge in [-0.15, -0.1) is 0 Å². The highest BCUT2D eigenvalue weighted by molar-refractivity contribution is 7.92. The minimum Gasteiger partial charge on any atom is -0.325 e. The van der Waals surface area contributed by atoms with Crippen LogP contribution in [-0.4, -0.2) is 50.8 Å². The van der Waals surface area contributed by atoms with Gasteiger partial charge in [-0.25, -0.2) is 13.2 Å². The van der Waals surface area contributed by atoms with Crippen LogP contribution in [0, 0.1) is 0 Å². The Morgan fingerprint density at radius 3 is 2.31 bits per heavy atom. The summed E-state index contributed by atoms with van der Waals surface area (Å²) >= 11 is 0. The number of hydrogen-bond donors (Lipinski definition) is 2. The number of sulfonamides is 1. The van der Waals surface area contributed by atoms with Crippen molar-refractivity contribution in [3.63, 3.8) is 0 Å². The molecule has 1 heterocycles. The van der Waals surface area contributed by atoms with Gasteiger partial charge in [-0.2, -0.15) is 0 Å². The molecular weight excluding hydrogens is 468 g/mol. The fraction of sp³-hybridized carbons (Fsp3) is 0.160. The van der Waals surface area contributed by atoms with Crippen molar-refractivity contribution >= 4 is 39.2 Å². The number of hydrogen-bond acceptors (Lipinski definition) is 5. The summed E-state index contributed by atoms with van der Waals surface area (Å²) in [6, 6.07) is 22.2. The van der Waals surface area contributed by atoms with Crippen molar-refractivity contribution in [1.82, 2.24) is 10.2 Å². The average molecular weight is 493 g/mol. The van der Waals surface area contributed by atoms with E-state index in [0.717, 1.165) is 14.8 Å². The van der Waals surface area contributed by atoms with E-state index in [1.807, 2.05) is 30.3 Å². The van der Waals surface area contributed by atoms with Gasteiger partial charge in [-0.3, -0.25) is 18.8 Å². The molecule has 1 unspecified atom stereocenters. The van der Waals surface area contributed by atoms with Crippen LogP contribution >= 0.6 is 0 Å². The summed E-state index contributed by atoms with van der Waals surface area (Å²) in [7, 11) is -2.43. The predicted molar refractivity (Wildman–Crippen MR) is 131 cm³/mol. The molecular formula is C25H24N4O5S. The zero-order chi connectivity index (χ0) is 25.0. The zero-order valence-corrected chi connectivity index (χ0v) is 19.7. The number of benzene rings is 3. The van der Waals surface area contributed by atoms with Crippen molar-refractivity contribution in [2.45, 2.75) is 17.4 Å². The highest BCUT2D eigenvalue weighted by atomic mass is 32.2. The van der Waals surface area contributed by atoms with E-state index in [-0.39, 0.29) is 10.6 Å². The normalized spacial score (nSPS) is 15.6. The topological polar surface area (TPSA) is 116 Å². The summed E-state index contributed by atoms with van der Waals surface area (Å²) in [6.07, 6.45) is 0.318. The maximum absolute atomic E-state index is 13.0. The average Bonchev–Trinajstić information content (AvgIpc) is 3.12. The first-order chi connectivity index (χ1) is 16.8. The molecule has 1 atom stereocenters. The van der Waals surface area contributed by atoms with Crippen LogP contribution in [0.25, 0.3) is 0 Å². The van der Waals surface area contributed by atoms with Gasteiger partial charge in [0.05, 0.1) is 10.6 Å². The van der Waals surface area contributed by atoms with Gasteiger partial charge in [0, 0.05) is 19.2 Å². The molecule has 3 aromatic carbocycles. The predicted octanol–water partition coefficient (Wildman–Crippen LogP) is 2.61. The lowest BCUT2D eigenvalue weighted by Gasteiger charge is -2.20. The molecule has 35 heavy (non-hydrogen) atoms. The molecule has 4 amide bonds. The van der Waals surface area contributed by atoms with Crippen molar-refractivity contribution in [2.75, 3.05) is 23.2 Å². The van der Waals surface area contributed by atoms with E-state index in [2.05, 4.69) is 10.6 Å². The van der Waals surface area contributed by atoms with E-state index in [0.29, 0.717) is 12.1 Å². The van der Waals surface area contributed by atoms with E-state index in [1.165, 1.54) is 31.3 Å². The summed E-state index contributed by atoms with van der Waals surface area (Å²) in [5, 5.41) is 5.17. The summed E-state index contributed by atoms with van der Waals surface area (Å²) in [6.45, 7) is -0.489. The van der Waals surface area contributed by atoms with Crippen LogP contribution in [0.2, 0.25) is 0 Å². The quantitative estimate of drug-likeness (QED) is 0.469. The van der Waals surface area contributed by atoms with Crippen molar-refractivity contribution < 1.29 is 22.8 Å². The first kappa shape index (κ1) is 24.0. The molecule has 1 aliphatic heterocycles. The number of anilines is 2. The maximum atomic E-state index is 13.0. The minimum atomic E-state index is -3.87. The number of carbonyl (C=O) groups is 3. The molecule has 0 saturated carbocycles. The molecule has 180 valence electrons. The molecule has 1 fully saturated rings. The van der Waals surface area contributed by atoms with Crippen LogP contribution < -0.4 is 14.9 Å². The van der Waals surface area contributed by atoms with Crippen molar-refractivity contribution in [2.24, 2.45) is 0 Å². The SMILES string of the molecule is CN(c1ccccc1)S(=O)(=O)c1cccc(NC(=O)CN2C(=O)NC(Cc3ccccc3)C2=O)c1. The summed E-state index contributed by atoms with van der Waals surface area (Å²) in [5.41, 5.74) is 1.60. The molecule has 10 heteroatoms. The van der Waals surface area contributed by atoms with Crippen LogP contribution in [0.3, 0.4) is 0 Å². The third-order valence-corrected chi connectivity index (χ3v) is 7.37. The van der Waals surface area contributed by atoms with Crippen LogP contribution in [0.4, 0.5) is 16.2 Å². The monoisotopic (exact) mass is 492 g/mol. The highest BCUT2D eigenvalue weighted by Crippen LogP contribution is 2.23. The van der Waals surface area contributed by atoms with Crippen molar-refractivity contribution in [3.8, 4) is 0 Å². The number of imide groups is 1. The minimum absolute atomic E-state index is 0.0143. The number of nitrogens with one attached hydrogen (secondary N) is 2. The highest BCUT2D eigenvalue weighted by Gasteiger charge is 2.38. The Balaban J connectivity index is 1.42. The van der Waals surface area contributed by atoms with E-state index < -0.39 is 40.5 Å². The number of urea groups is 1. The van der Waals surface area contributed by atoms with Gasteiger partial charge >= 0.3 is 6.03 Å². The van der Waals surface area contributed by atoms with E-state index in [4.69, 9.17) is 0 Å². The second-order valence-electron chi connectivity index (χ2n) is 8.00. The molecule has 2 N–H and O–H groups in total. The second kappa shape index (κ2) is 9.98. The molecule has 9 nitrogen and oxygen atoms in total. The Labute approximate surface area is 203 Å². The molecule has 0 aliphatic carbocycles. The van der Waals surface area contributed by atoms with Gasteiger partial charge in [0.15, 0.2) is 0 Å². The van der Waals surface area contributed by atoms with Crippen LogP contribution in [0.15, 0.2) is 89.8 Å². The lowest BCUT2D eigenvalue weighted by atomic mass is 10.1. The number of rotatable bonds is 8. The van der Waals surface area contributed by atoms with Crippen LogP contribution in [0.5, 0.6) is 0 Å². The smallest absolute Gasteiger partial charge is 0.325 e. The Morgan fingerprint density at radius 2 is 1.63 bits per heavy atom. The Morgan fingerprint density at radius 1 is 0.971 bits per heavy atom. The van der Waals surface area contributed by atoms with E-state index in [9.17, 15) is 22.8 Å². The first-order valence-corrected chi connectivity index (χ1v) is 12.3. The third-order valence-electron chi connectivity index (χ3n) is 5.59. The Hall–Kier alpha value is -4.18. The van der Waals surface area contributed by atoms with Gasteiger partial charge in [0.25, 0.3) is 15.9 Å². The maximum Gasteiger partial charge on any atom is 0.325 e.